The van der Waals surface area contributed by atoms with Gasteiger partial charge in [-0.05, 0) is 43.2 Å². The Kier molecular flexibility index (Phi) is 6.45. The quantitative estimate of drug-likeness (QED) is 0.250. The zero-order valence-electron chi connectivity index (χ0n) is 17.3. The molecule has 0 aliphatic carbocycles. The molecule has 0 spiro atoms. The van der Waals surface area contributed by atoms with Crippen LogP contribution in [0.25, 0.3) is 11.4 Å². The number of piperidine rings is 1. The Morgan fingerprint density at radius 1 is 1.21 bits per heavy atom. The molecule has 1 unspecified atom stereocenters. The molecule has 1 aromatic carbocycles. The summed E-state index contributed by atoms with van der Waals surface area (Å²) in [4.78, 5) is 17.5. The second kappa shape index (κ2) is 9.01. The number of rotatable bonds is 7. The van der Waals surface area contributed by atoms with Gasteiger partial charge in [-0.2, -0.15) is 5.21 Å². The molecule has 2 aromatic rings. The van der Waals surface area contributed by atoms with Gasteiger partial charge < -0.3 is 10.2 Å². The predicted molar refractivity (Wildman–Crippen MR) is 113 cm³/mol. The summed E-state index contributed by atoms with van der Waals surface area (Å²) in [6.45, 7) is 1.21. The maximum Gasteiger partial charge on any atom is 0.258 e. The highest BCUT2D eigenvalue weighted by Gasteiger charge is 2.38. The number of aromatic amines is 1. The number of aromatic nitrogens is 4. The fourth-order valence-electron chi connectivity index (χ4n) is 4.00. The molecule has 0 bridgehead atoms. The standard InChI is InChI=1S/C16H23N9O6S2/c17-31-11-2-1-7-25(16(11)26)10-3-4-12(33(29,30)22-9-5-6-19-8-9)14(32(18,27)28)13(10)15-20-23-24-21-15/h3-4,9,11,19,22H,1-2,5-8,17H2,(H2,18,27,28)(H,20,21,23,24)/t9-,11?/m1/s1. The van der Waals surface area contributed by atoms with Crippen molar-refractivity contribution < 1.29 is 26.5 Å². The third-order valence-corrected chi connectivity index (χ3v) is 8.15. The van der Waals surface area contributed by atoms with Crippen molar-refractivity contribution in [2.24, 2.45) is 11.0 Å². The van der Waals surface area contributed by atoms with Gasteiger partial charge in [0, 0.05) is 19.1 Å². The minimum Gasteiger partial charge on any atom is -0.315 e. The molecule has 2 atom stereocenters. The van der Waals surface area contributed by atoms with Gasteiger partial charge in [-0.15, -0.1) is 10.2 Å². The van der Waals surface area contributed by atoms with Gasteiger partial charge in [-0.3, -0.25) is 9.63 Å². The van der Waals surface area contributed by atoms with E-state index in [1.807, 2.05) is 0 Å². The zero-order chi connectivity index (χ0) is 23.8. The van der Waals surface area contributed by atoms with Crippen LogP contribution < -0.4 is 26.0 Å². The average Bonchev–Trinajstić information content (AvgIpc) is 3.46. The van der Waals surface area contributed by atoms with Gasteiger partial charge in [0.1, 0.15) is 9.79 Å². The van der Waals surface area contributed by atoms with Gasteiger partial charge in [-0.1, -0.05) is 0 Å². The molecule has 0 radical (unpaired) electrons. The molecule has 7 N–H and O–H groups in total. The molecule has 1 amide bonds. The summed E-state index contributed by atoms with van der Waals surface area (Å²) in [6, 6.07) is 1.96. The third-order valence-electron chi connectivity index (χ3n) is 5.47. The number of amides is 1. The number of hydrogen-bond acceptors (Lipinski definition) is 11. The Balaban J connectivity index is 1.94. The summed E-state index contributed by atoms with van der Waals surface area (Å²) in [5, 5.41) is 21.8. The molecule has 17 heteroatoms. The van der Waals surface area contributed by atoms with E-state index in [9.17, 15) is 21.6 Å². The third kappa shape index (κ3) is 4.60. The Morgan fingerprint density at radius 2 is 2.00 bits per heavy atom. The van der Waals surface area contributed by atoms with Crippen LogP contribution in [0.15, 0.2) is 21.9 Å². The van der Waals surface area contributed by atoms with Crippen molar-refractivity contribution in [3.8, 4) is 11.4 Å². The fourth-order valence-corrected chi connectivity index (χ4v) is 6.87. The van der Waals surface area contributed by atoms with Crippen molar-refractivity contribution in [1.82, 2.24) is 30.7 Å². The Morgan fingerprint density at radius 3 is 2.61 bits per heavy atom. The van der Waals surface area contributed by atoms with Crippen LogP contribution in [0, 0.1) is 0 Å². The van der Waals surface area contributed by atoms with E-state index in [1.165, 1.54) is 11.0 Å². The van der Waals surface area contributed by atoms with Crippen LogP contribution >= 0.6 is 0 Å². The lowest BCUT2D eigenvalue weighted by molar-refractivity contribution is -0.132. The molecule has 15 nitrogen and oxygen atoms in total. The van der Waals surface area contributed by atoms with Crippen LogP contribution in [0.1, 0.15) is 19.3 Å². The molecule has 2 aliphatic rings. The van der Waals surface area contributed by atoms with E-state index in [0.29, 0.717) is 32.4 Å². The van der Waals surface area contributed by atoms with Gasteiger partial charge in [0.25, 0.3) is 5.91 Å². The summed E-state index contributed by atoms with van der Waals surface area (Å²) < 4.78 is 54.3. The molecule has 0 saturated carbocycles. The highest BCUT2D eigenvalue weighted by molar-refractivity contribution is 7.92. The second-order valence-electron chi connectivity index (χ2n) is 7.64. The fraction of sp³-hybridized carbons (Fsp3) is 0.500. The van der Waals surface area contributed by atoms with Crippen molar-refractivity contribution in [2.75, 3.05) is 24.5 Å². The number of sulfonamides is 2. The number of H-pyrrole nitrogens is 1. The Labute approximate surface area is 189 Å². The van der Waals surface area contributed by atoms with E-state index in [-0.39, 0.29) is 23.6 Å². The number of tetrazole rings is 1. The van der Waals surface area contributed by atoms with E-state index in [1.54, 1.807) is 0 Å². The highest BCUT2D eigenvalue weighted by Crippen LogP contribution is 2.39. The molecule has 1 aromatic heterocycles. The van der Waals surface area contributed by atoms with E-state index in [2.05, 4.69) is 30.7 Å². The minimum atomic E-state index is -4.66. The number of nitrogens with zero attached hydrogens (tertiary/aromatic N) is 4. The van der Waals surface area contributed by atoms with Crippen molar-refractivity contribution in [1.29, 1.82) is 0 Å². The first kappa shape index (κ1) is 23.6. The van der Waals surface area contributed by atoms with E-state index < -0.39 is 47.9 Å². The van der Waals surface area contributed by atoms with Gasteiger partial charge in [0.05, 0.1) is 11.3 Å². The Hall–Kier alpha value is -2.54. The first-order valence-corrected chi connectivity index (χ1v) is 13.0. The molecule has 2 saturated heterocycles. The lowest BCUT2D eigenvalue weighted by Crippen LogP contribution is -2.47. The summed E-state index contributed by atoms with van der Waals surface area (Å²) in [6.07, 6.45) is 0.453. The Bertz CT molecular complexity index is 1240. The lowest BCUT2D eigenvalue weighted by Gasteiger charge is -2.32. The molecule has 2 aliphatic heterocycles. The maximum atomic E-state index is 13.2. The first-order chi connectivity index (χ1) is 15.6. The van der Waals surface area contributed by atoms with Crippen LogP contribution in [0.2, 0.25) is 0 Å². The van der Waals surface area contributed by atoms with Gasteiger partial charge in [-0.25, -0.2) is 32.6 Å². The van der Waals surface area contributed by atoms with Crippen LogP contribution in [-0.4, -0.2) is 75.1 Å². The topological polar surface area (TPSA) is 228 Å². The number of hydrogen-bond donors (Lipinski definition) is 5. The number of carbonyl (C=O) groups excluding carboxylic acids is 1. The van der Waals surface area contributed by atoms with Crippen LogP contribution in [0.3, 0.4) is 0 Å². The number of primary sulfonamides is 1. The van der Waals surface area contributed by atoms with E-state index in [0.717, 1.165) is 6.07 Å². The number of carbonyl (C=O) groups is 1. The average molecular weight is 502 g/mol. The molecular weight excluding hydrogens is 478 g/mol. The number of nitrogens with one attached hydrogen (secondary N) is 3. The minimum absolute atomic E-state index is 0.0358. The van der Waals surface area contributed by atoms with E-state index >= 15 is 0 Å². The van der Waals surface area contributed by atoms with Gasteiger partial charge in [0.2, 0.25) is 25.9 Å². The number of anilines is 1. The lowest BCUT2D eigenvalue weighted by atomic mass is 10.0. The number of benzene rings is 1. The number of nitrogens with two attached hydrogens (primary N) is 2. The molecule has 33 heavy (non-hydrogen) atoms. The maximum absolute atomic E-state index is 13.2. The monoisotopic (exact) mass is 501 g/mol. The molecule has 4 rings (SSSR count). The largest absolute Gasteiger partial charge is 0.315 e. The summed E-state index contributed by atoms with van der Waals surface area (Å²) in [5.41, 5.74) is -0.238. The summed E-state index contributed by atoms with van der Waals surface area (Å²) >= 11 is 0. The van der Waals surface area contributed by atoms with Crippen LogP contribution in [0.5, 0.6) is 0 Å². The predicted octanol–water partition coefficient (Wildman–Crippen LogP) is -2.46. The summed E-state index contributed by atoms with van der Waals surface area (Å²) in [7, 11) is -8.99. The van der Waals surface area contributed by atoms with E-state index in [4.69, 9.17) is 15.9 Å². The highest BCUT2D eigenvalue weighted by atomic mass is 32.2. The van der Waals surface area contributed by atoms with Crippen LogP contribution in [-0.2, 0) is 29.7 Å². The SMILES string of the molecule is NOC1CCCN(c2ccc(S(=O)(=O)N[C@@H]3CCNC3)c(S(N)(=O)=O)c2-c2nn[nH]n2)C1=O. The van der Waals surface area contributed by atoms with Gasteiger partial charge >= 0.3 is 0 Å². The molecule has 180 valence electrons. The van der Waals surface area contributed by atoms with Crippen molar-refractivity contribution >= 4 is 31.6 Å². The first-order valence-electron chi connectivity index (χ1n) is 9.97. The summed E-state index contributed by atoms with van der Waals surface area (Å²) in [5.74, 6) is 4.45. The van der Waals surface area contributed by atoms with Crippen molar-refractivity contribution in [2.45, 2.75) is 41.2 Å². The normalized spacial score (nSPS) is 22.1. The van der Waals surface area contributed by atoms with Crippen molar-refractivity contribution in [3.63, 3.8) is 0 Å². The zero-order valence-corrected chi connectivity index (χ0v) is 18.9. The van der Waals surface area contributed by atoms with Gasteiger partial charge in [0.15, 0.2) is 6.10 Å². The smallest absolute Gasteiger partial charge is 0.258 e. The molecular formula is C16H23N9O6S2. The second-order valence-corrected chi connectivity index (χ2v) is 10.8. The van der Waals surface area contributed by atoms with Crippen LogP contribution in [0.4, 0.5) is 5.69 Å². The van der Waals surface area contributed by atoms with Crippen molar-refractivity contribution in [3.05, 3.63) is 12.1 Å². The molecule has 2 fully saturated rings. The molecule has 3 heterocycles.